The van der Waals surface area contributed by atoms with Crippen LogP contribution in [0.2, 0.25) is 0 Å². The highest BCUT2D eigenvalue weighted by molar-refractivity contribution is 5.69. The molecule has 0 aliphatic carbocycles. The lowest BCUT2D eigenvalue weighted by Gasteiger charge is -2.28. The average Bonchev–Trinajstić information content (AvgIpc) is 2.37. The van der Waals surface area contributed by atoms with Crippen molar-refractivity contribution in [3.8, 4) is 0 Å². The van der Waals surface area contributed by atoms with E-state index in [-0.39, 0.29) is 5.69 Å². The van der Waals surface area contributed by atoms with Gasteiger partial charge in [-0.3, -0.25) is 19.7 Å². The number of hydrogen-bond acceptors (Lipinski definition) is 6. The van der Waals surface area contributed by atoms with Crippen molar-refractivity contribution in [2.24, 2.45) is 11.5 Å². The quantitative estimate of drug-likeness (QED) is 0.391. The van der Waals surface area contributed by atoms with Gasteiger partial charge in [-0.05, 0) is 5.56 Å². The van der Waals surface area contributed by atoms with E-state index in [0.29, 0.717) is 5.56 Å². The number of hydrogen-bond donors (Lipinski definition) is 4. The van der Waals surface area contributed by atoms with Gasteiger partial charge in [0, 0.05) is 30.1 Å². The molecule has 1 aromatic rings. The van der Waals surface area contributed by atoms with Crippen LogP contribution in [0, 0.1) is 10.1 Å². The number of non-ortho nitro benzene ring substituents is 1. The molecule has 0 amide bonds. The van der Waals surface area contributed by atoms with E-state index in [0.717, 1.165) is 0 Å². The number of rotatable bonds is 8. The zero-order chi connectivity index (χ0) is 16.9. The number of aliphatic carboxylic acids is 2. The van der Waals surface area contributed by atoms with Gasteiger partial charge in [0.2, 0.25) is 0 Å². The Kier molecular flexibility index (Phi) is 5.96. The lowest BCUT2D eigenvalue weighted by atomic mass is 9.83. The summed E-state index contributed by atoms with van der Waals surface area (Å²) in [6.07, 6.45) is -0.788. The monoisotopic (exact) mass is 311 g/mol. The standard InChI is InChI=1S/C13H17N3O6/c14-9(5-11(17)18)13(10(15)6-12(19)20)7-1-3-8(4-2-7)16(21)22/h1-4,9-10,13H,5-6,14-15H2,(H,17,18)(H,19,20). The molecule has 0 aromatic heterocycles. The van der Waals surface area contributed by atoms with Crippen LogP contribution in [0.5, 0.6) is 0 Å². The summed E-state index contributed by atoms with van der Waals surface area (Å²) >= 11 is 0. The molecular formula is C13H17N3O6. The summed E-state index contributed by atoms with van der Waals surface area (Å²) in [4.78, 5) is 31.7. The fraction of sp³-hybridized carbons (Fsp3) is 0.385. The summed E-state index contributed by atoms with van der Waals surface area (Å²) in [5, 5.41) is 28.3. The van der Waals surface area contributed by atoms with Crippen LogP contribution in [-0.2, 0) is 9.59 Å². The second-order valence-electron chi connectivity index (χ2n) is 4.90. The van der Waals surface area contributed by atoms with Crippen molar-refractivity contribution >= 4 is 17.6 Å². The van der Waals surface area contributed by atoms with E-state index in [4.69, 9.17) is 21.7 Å². The number of carbonyl (C=O) groups is 2. The van der Waals surface area contributed by atoms with Crippen LogP contribution in [-0.4, -0.2) is 39.2 Å². The first-order valence-electron chi connectivity index (χ1n) is 6.41. The van der Waals surface area contributed by atoms with Crippen molar-refractivity contribution in [2.45, 2.75) is 30.8 Å². The Morgan fingerprint density at radius 1 is 1.05 bits per heavy atom. The Morgan fingerprint density at radius 2 is 1.45 bits per heavy atom. The number of nitro benzene ring substituents is 1. The lowest BCUT2D eigenvalue weighted by molar-refractivity contribution is -0.384. The van der Waals surface area contributed by atoms with Gasteiger partial charge in [-0.15, -0.1) is 0 Å². The summed E-state index contributed by atoms with van der Waals surface area (Å²) in [6, 6.07) is 3.48. The maximum Gasteiger partial charge on any atom is 0.304 e. The Balaban J connectivity index is 3.09. The molecule has 0 heterocycles. The maximum atomic E-state index is 10.8. The molecule has 1 rings (SSSR count). The predicted octanol–water partition coefficient (Wildman–Crippen LogP) is 0.282. The molecule has 6 N–H and O–H groups in total. The lowest BCUT2D eigenvalue weighted by Crippen LogP contribution is -2.43. The number of carboxylic acid groups (broad SMARTS) is 2. The molecule has 0 saturated heterocycles. The summed E-state index contributed by atoms with van der Waals surface area (Å²) in [5.74, 6) is -3.02. The van der Waals surface area contributed by atoms with Crippen LogP contribution in [0.25, 0.3) is 0 Å². The Morgan fingerprint density at radius 3 is 1.77 bits per heavy atom. The van der Waals surface area contributed by atoms with Crippen LogP contribution in [0.4, 0.5) is 5.69 Å². The van der Waals surface area contributed by atoms with Crippen LogP contribution < -0.4 is 11.5 Å². The van der Waals surface area contributed by atoms with E-state index in [2.05, 4.69) is 0 Å². The van der Waals surface area contributed by atoms with E-state index >= 15 is 0 Å². The molecule has 0 fully saturated rings. The van der Waals surface area contributed by atoms with Gasteiger partial charge >= 0.3 is 11.9 Å². The highest BCUT2D eigenvalue weighted by Gasteiger charge is 2.29. The van der Waals surface area contributed by atoms with Gasteiger partial charge in [0.25, 0.3) is 5.69 Å². The van der Waals surface area contributed by atoms with Gasteiger partial charge in [0.1, 0.15) is 0 Å². The number of nitro groups is 1. The van der Waals surface area contributed by atoms with E-state index in [1.165, 1.54) is 24.3 Å². The minimum absolute atomic E-state index is 0.138. The molecule has 9 nitrogen and oxygen atoms in total. The third-order valence-corrected chi connectivity index (χ3v) is 3.23. The van der Waals surface area contributed by atoms with E-state index in [1.807, 2.05) is 0 Å². The Hall–Kier alpha value is -2.52. The van der Waals surface area contributed by atoms with Crippen LogP contribution in [0.1, 0.15) is 24.3 Å². The van der Waals surface area contributed by atoms with Crippen molar-refractivity contribution < 1.29 is 24.7 Å². The second kappa shape index (κ2) is 7.48. The topological polar surface area (TPSA) is 170 Å². The van der Waals surface area contributed by atoms with Gasteiger partial charge in [0.05, 0.1) is 17.8 Å². The molecule has 0 saturated carbocycles. The van der Waals surface area contributed by atoms with Gasteiger partial charge < -0.3 is 21.7 Å². The zero-order valence-corrected chi connectivity index (χ0v) is 11.6. The molecule has 0 bridgehead atoms. The predicted molar refractivity (Wildman–Crippen MR) is 76.3 cm³/mol. The largest absolute Gasteiger partial charge is 0.481 e. The van der Waals surface area contributed by atoms with Crippen molar-refractivity contribution in [3.63, 3.8) is 0 Å². The summed E-state index contributed by atoms with van der Waals surface area (Å²) in [5.41, 5.74) is 12.0. The summed E-state index contributed by atoms with van der Waals surface area (Å²) in [7, 11) is 0. The molecule has 0 radical (unpaired) electrons. The minimum Gasteiger partial charge on any atom is -0.481 e. The molecule has 0 spiro atoms. The molecule has 2 unspecified atom stereocenters. The van der Waals surface area contributed by atoms with Crippen LogP contribution in [0.15, 0.2) is 24.3 Å². The van der Waals surface area contributed by atoms with Gasteiger partial charge in [-0.25, -0.2) is 0 Å². The third-order valence-electron chi connectivity index (χ3n) is 3.23. The first-order chi connectivity index (χ1) is 10.2. The SMILES string of the molecule is NC(CC(=O)O)C(c1ccc([N+](=O)[O-])cc1)C(N)CC(=O)O. The fourth-order valence-corrected chi connectivity index (χ4v) is 2.29. The number of benzene rings is 1. The van der Waals surface area contributed by atoms with E-state index in [1.54, 1.807) is 0 Å². The second-order valence-corrected chi connectivity index (χ2v) is 4.90. The molecule has 120 valence electrons. The molecule has 9 heteroatoms. The van der Waals surface area contributed by atoms with Crippen molar-refractivity contribution in [1.29, 1.82) is 0 Å². The first kappa shape index (κ1) is 17.5. The smallest absolute Gasteiger partial charge is 0.304 e. The fourth-order valence-electron chi connectivity index (χ4n) is 2.29. The third kappa shape index (κ3) is 4.79. The van der Waals surface area contributed by atoms with E-state index in [9.17, 15) is 19.7 Å². The van der Waals surface area contributed by atoms with Crippen molar-refractivity contribution in [3.05, 3.63) is 39.9 Å². The Labute approximate surface area is 125 Å². The maximum absolute atomic E-state index is 10.8. The van der Waals surface area contributed by atoms with Crippen LogP contribution in [0.3, 0.4) is 0 Å². The number of carboxylic acids is 2. The Bertz CT molecular complexity index is 537. The van der Waals surface area contributed by atoms with Gasteiger partial charge in [-0.1, -0.05) is 12.1 Å². The normalized spacial score (nSPS) is 14.8. The van der Waals surface area contributed by atoms with Crippen molar-refractivity contribution in [2.75, 3.05) is 0 Å². The van der Waals surface area contributed by atoms with Gasteiger partial charge in [0.15, 0.2) is 0 Å². The molecule has 0 aliphatic heterocycles. The highest BCUT2D eigenvalue weighted by Crippen LogP contribution is 2.27. The zero-order valence-electron chi connectivity index (χ0n) is 11.6. The number of nitrogens with zero attached hydrogens (tertiary/aromatic N) is 1. The molecule has 0 aliphatic rings. The highest BCUT2D eigenvalue weighted by atomic mass is 16.6. The number of nitrogens with two attached hydrogens (primary N) is 2. The molecule has 22 heavy (non-hydrogen) atoms. The van der Waals surface area contributed by atoms with Gasteiger partial charge in [-0.2, -0.15) is 0 Å². The van der Waals surface area contributed by atoms with Crippen LogP contribution >= 0.6 is 0 Å². The molecule has 2 atom stereocenters. The summed E-state index contributed by atoms with van der Waals surface area (Å²) < 4.78 is 0. The average molecular weight is 311 g/mol. The molecular weight excluding hydrogens is 294 g/mol. The van der Waals surface area contributed by atoms with E-state index < -0.39 is 47.7 Å². The molecule has 1 aromatic carbocycles. The first-order valence-corrected chi connectivity index (χ1v) is 6.41. The minimum atomic E-state index is -1.14. The van der Waals surface area contributed by atoms with Crippen molar-refractivity contribution in [1.82, 2.24) is 0 Å². The summed E-state index contributed by atoms with van der Waals surface area (Å²) in [6.45, 7) is 0.